The summed E-state index contributed by atoms with van der Waals surface area (Å²) in [5.41, 5.74) is 0. The molecule has 0 saturated carbocycles. The van der Waals surface area contributed by atoms with Gasteiger partial charge < -0.3 is 0 Å². The molecule has 0 saturated heterocycles. The zero-order chi connectivity index (χ0) is 7.49. The van der Waals surface area contributed by atoms with Crippen LogP contribution in [0.4, 0.5) is 0 Å². The number of rotatable bonds is 3. The number of alkyl halides is 2. The van der Waals surface area contributed by atoms with Crippen molar-refractivity contribution < 1.29 is 0 Å². The van der Waals surface area contributed by atoms with Crippen molar-refractivity contribution in [2.75, 3.05) is 0 Å². The number of hydrogen-bond donors (Lipinski definition) is 0. The normalized spacial score (nSPS) is 21.0. The summed E-state index contributed by atoms with van der Waals surface area (Å²) in [4.78, 5) is 0.593. The van der Waals surface area contributed by atoms with Gasteiger partial charge in [-0.25, -0.2) is 0 Å². The molecule has 2 atom stereocenters. The van der Waals surface area contributed by atoms with E-state index >= 15 is 0 Å². The van der Waals surface area contributed by atoms with Crippen LogP contribution in [-0.2, 0) is 0 Å². The van der Waals surface area contributed by atoms with Gasteiger partial charge >= 0.3 is 0 Å². The predicted molar refractivity (Wildman–Crippen MR) is 50.6 cm³/mol. The average Bonchev–Trinajstić information content (AvgIpc) is 1.86. The predicted octanol–water partition coefficient (Wildman–Crippen LogP) is 3.72. The fraction of sp³-hybridized carbons (Fsp3) is 1.00. The molecule has 0 amide bonds. The van der Waals surface area contributed by atoms with Gasteiger partial charge in [0, 0.05) is 9.15 Å². The average molecular weight is 258 g/mol. The first-order valence-corrected chi connectivity index (χ1v) is 5.08. The highest BCUT2D eigenvalue weighted by molar-refractivity contribution is 9.12. The Morgan fingerprint density at radius 1 is 1.44 bits per heavy atom. The minimum absolute atomic E-state index is 0.280. The molecule has 2 heteroatoms. The van der Waals surface area contributed by atoms with Gasteiger partial charge in [-0.1, -0.05) is 45.7 Å². The Labute approximate surface area is 74.7 Å². The van der Waals surface area contributed by atoms with E-state index < -0.39 is 0 Å². The van der Waals surface area contributed by atoms with Gasteiger partial charge in [0.1, 0.15) is 0 Å². The first kappa shape index (κ1) is 9.96. The van der Waals surface area contributed by atoms with Crippen LogP contribution in [-0.4, -0.2) is 9.15 Å². The lowest BCUT2D eigenvalue weighted by atomic mass is 10.0. The van der Waals surface area contributed by atoms with Gasteiger partial charge in [-0.05, 0) is 19.8 Å². The van der Waals surface area contributed by atoms with E-state index in [2.05, 4.69) is 52.6 Å². The van der Waals surface area contributed by atoms with Crippen LogP contribution in [0.3, 0.4) is 0 Å². The van der Waals surface area contributed by atoms with Crippen molar-refractivity contribution in [2.45, 2.75) is 42.8 Å². The molecule has 0 N–H and O–H groups in total. The third-order valence-electron chi connectivity index (χ3n) is 1.70. The zero-order valence-corrected chi connectivity index (χ0v) is 9.42. The maximum atomic E-state index is 3.66. The molecule has 2 unspecified atom stereocenters. The van der Waals surface area contributed by atoms with Crippen LogP contribution >= 0.6 is 31.9 Å². The monoisotopic (exact) mass is 256 g/mol. The Morgan fingerprint density at radius 3 is 2.00 bits per heavy atom. The topological polar surface area (TPSA) is 0 Å². The zero-order valence-electron chi connectivity index (χ0n) is 6.25. The molecular weight excluding hydrogens is 244 g/mol. The molecule has 0 spiro atoms. The van der Waals surface area contributed by atoms with E-state index in [-0.39, 0.29) is 4.32 Å². The van der Waals surface area contributed by atoms with E-state index in [0.29, 0.717) is 4.83 Å². The van der Waals surface area contributed by atoms with Gasteiger partial charge in [0.2, 0.25) is 0 Å². The van der Waals surface area contributed by atoms with E-state index in [1.54, 1.807) is 0 Å². The highest BCUT2D eigenvalue weighted by atomic mass is 79.9. The van der Waals surface area contributed by atoms with Crippen molar-refractivity contribution in [2.24, 2.45) is 0 Å². The fourth-order valence-corrected chi connectivity index (χ4v) is 1.29. The summed E-state index contributed by atoms with van der Waals surface area (Å²) in [6.07, 6.45) is 2.34. The molecule has 0 aliphatic carbocycles. The molecule has 0 aromatic heterocycles. The van der Waals surface area contributed by atoms with Crippen molar-refractivity contribution in [3.05, 3.63) is 0 Å². The maximum Gasteiger partial charge on any atom is 0.0351 e. The first-order chi connectivity index (χ1) is 4.04. The molecular formula is C7H14Br2. The quantitative estimate of drug-likeness (QED) is 0.676. The molecule has 0 fully saturated rings. The molecule has 0 aromatic carbocycles. The second kappa shape index (κ2) is 3.97. The van der Waals surface area contributed by atoms with Crippen LogP contribution in [0.25, 0.3) is 0 Å². The molecule has 0 bridgehead atoms. The van der Waals surface area contributed by atoms with Gasteiger partial charge in [-0.2, -0.15) is 0 Å². The molecule has 0 radical (unpaired) electrons. The molecule has 0 heterocycles. The van der Waals surface area contributed by atoms with E-state index in [1.165, 1.54) is 6.42 Å². The Hall–Kier alpha value is 0.960. The summed E-state index contributed by atoms with van der Waals surface area (Å²) in [5.74, 6) is 0. The minimum atomic E-state index is 0.280. The lowest BCUT2D eigenvalue weighted by Crippen LogP contribution is -2.26. The summed E-state index contributed by atoms with van der Waals surface area (Å²) in [6.45, 7) is 6.60. The van der Waals surface area contributed by atoms with Crippen LogP contribution in [0.2, 0.25) is 0 Å². The van der Waals surface area contributed by atoms with Gasteiger partial charge in [0.05, 0.1) is 0 Å². The summed E-state index contributed by atoms with van der Waals surface area (Å²) >= 11 is 7.27. The molecule has 0 aromatic rings. The Balaban J connectivity index is 3.80. The lowest BCUT2D eigenvalue weighted by Gasteiger charge is -2.25. The third-order valence-corrected chi connectivity index (χ3v) is 5.09. The molecule has 0 nitrogen and oxygen atoms in total. The van der Waals surface area contributed by atoms with Crippen molar-refractivity contribution in [3.8, 4) is 0 Å². The SMILES string of the molecule is CCC(Br)C(C)(Br)CC. The first-order valence-electron chi connectivity index (χ1n) is 3.37. The van der Waals surface area contributed by atoms with Crippen LogP contribution < -0.4 is 0 Å². The van der Waals surface area contributed by atoms with Crippen LogP contribution in [0.15, 0.2) is 0 Å². The van der Waals surface area contributed by atoms with E-state index in [4.69, 9.17) is 0 Å². The number of hydrogen-bond acceptors (Lipinski definition) is 0. The minimum Gasteiger partial charge on any atom is -0.0876 e. The second-order valence-corrected chi connectivity index (χ2v) is 5.42. The van der Waals surface area contributed by atoms with Crippen molar-refractivity contribution in [3.63, 3.8) is 0 Å². The van der Waals surface area contributed by atoms with E-state index in [1.807, 2.05) is 0 Å². The third kappa shape index (κ3) is 3.03. The second-order valence-electron chi connectivity index (χ2n) is 2.51. The van der Waals surface area contributed by atoms with Crippen LogP contribution in [0.1, 0.15) is 33.6 Å². The van der Waals surface area contributed by atoms with Gasteiger partial charge in [0.15, 0.2) is 0 Å². The molecule has 56 valence electrons. The van der Waals surface area contributed by atoms with Crippen LogP contribution in [0, 0.1) is 0 Å². The maximum absolute atomic E-state index is 3.66. The Morgan fingerprint density at radius 2 is 1.89 bits per heavy atom. The highest BCUT2D eigenvalue weighted by Gasteiger charge is 2.25. The van der Waals surface area contributed by atoms with Crippen molar-refractivity contribution in [1.82, 2.24) is 0 Å². The number of halogens is 2. The smallest absolute Gasteiger partial charge is 0.0351 e. The Kier molecular flexibility index (Phi) is 4.39. The largest absolute Gasteiger partial charge is 0.0876 e. The molecule has 9 heavy (non-hydrogen) atoms. The molecule has 0 aliphatic heterocycles. The van der Waals surface area contributed by atoms with Gasteiger partial charge in [0.25, 0.3) is 0 Å². The van der Waals surface area contributed by atoms with E-state index in [9.17, 15) is 0 Å². The lowest BCUT2D eigenvalue weighted by molar-refractivity contribution is 0.595. The summed E-state index contributed by atoms with van der Waals surface area (Å²) < 4.78 is 0.280. The highest BCUT2D eigenvalue weighted by Crippen LogP contribution is 2.32. The molecule has 0 aliphatic rings. The Bertz CT molecular complexity index is 79.0. The van der Waals surface area contributed by atoms with E-state index in [0.717, 1.165) is 6.42 Å². The van der Waals surface area contributed by atoms with Gasteiger partial charge in [-0.15, -0.1) is 0 Å². The standard InChI is InChI=1S/C7H14Br2/c1-4-6(8)7(3,9)5-2/h6H,4-5H2,1-3H3. The summed E-state index contributed by atoms with van der Waals surface area (Å²) in [5, 5.41) is 0. The fourth-order valence-electron chi connectivity index (χ4n) is 0.647. The summed E-state index contributed by atoms with van der Waals surface area (Å²) in [7, 11) is 0. The summed E-state index contributed by atoms with van der Waals surface area (Å²) in [6, 6.07) is 0. The van der Waals surface area contributed by atoms with Crippen LogP contribution in [0.5, 0.6) is 0 Å². The van der Waals surface area contributed by atoms with Crippen molar-refractivity contribution in [1.29, 1.82) is 0 Å². The van der Waals surface area contributed by atoms with Gasteiger partial charge in [-0.3, -0.25) is 0 Å². The molecule has 0 rings (SSSR count). The van der Waals surface area contributed by atoms with Crippen molar-refractivity contribution >= 4 is 31.9 Å².